The highest BCUT2D eigenvalue weighted by atomic mass is 32.1. The van der Waals surface area contributed by atoms with E-state index in [2.05, 4.69) is 20.4 Å². The van der Waals surface area contributed by atoms with Crippen LogP contribution in [0.15, 0.2) is 48.9 Å². The molecule has 1 amide bonds. The van der Waals surface area contributed by atoms with Gasteiger partial charge in [0.2, 0.25) is 0 Å². The number of hydrogen-bond donors (Lipinski definition) is 3. The Kier molecular flexibility index (Phi) is 5.88. The van der Waals surface area contributed by atoms with Crippen LogP contribution in [0.3, 0.4) is 0 Å². The van der Waals surface area contributed by atoms with E-state index in [1.807, 2.05) is 37.3 Å². The van der Waals surface area contributed by atoms with E-state index in [1.54, 1.807) is 30.2 Å². The van der Waals surface area contributed by atoms with Gasteiger partial charge in [-0.1, -0.05) is 6.07 Å². The summed E-state index contributed by atoms with van der Waals surface area (Å²) in [6.45, 7) is 3.99. The number of amides is 1. The molecule has 0 bridgehead atoms. The molecule has 4 aromatic rings. The first kappa shape index (κ1) is 20.8. The zero-order valence-corrected chi connectivity index (χ0v) is 18.0. The molecule has 0 aliphatic heterocycles. The fourth-order valence-corrected chi connectivity index (χ4v) is 4.26. The van der Waals surface area contributed by atoms with E-state index >= 15 is 0 Å². The number of aliphatic hydroxyl groups excluding tert-OH is 1. The Hall–Kier alpha value is -3.43. The van der Waals surface area contributed by atoms with E-state index in [0.29, 0.717) is 17.1 Å². The minimum atomic E-state index is -0.612. The lowest BCUT2D eigenvalue weighted by Crippen LogP contribution is -2.31. The van der Waals surface area contributed by atoms with Gasteiger partial charge in [0.05, 0.1) is 38.9 Å². The number of carbonyl (C=O) groups is 1. The molecule has 3 N–H and O–H groups in total. The Balaban J connectivity index is 1.80. The number of nitrogens with zero attached hydrogens (tertiary/aromatic N) is 4. The molecular formula is C22H22N6O2S. The lowest BCUT2D eigenvalue weighted by Gasteiger charge is -2.07. The largest absolute Gasteiger partial charge is 0.389 e. The molecule has 1 unspecified atom stereocenters. The maximum atomic E-state index is 11.9. The Labute approximate surface area is 183 Å². The number of pyridine rings is 1. The van der Waals surface area contributed by atoms with Gasteiger partial charge in [-0.3, -0.25) is 15.2 Å². The molecule has 31 heavy (non-hydrogen) atoms. The molecule has 158 valence electrons. The second kappa shape index (κ2) is 8.75. The lowest BCUT2D eigenvalue weighted by molar-refractivity contribution is -0.114. The van der Waals surface area contributed by atoms with Crippen LogP contribution in [0.1, 0.15) is 30.5 Å². The van der Waals surface area contributed by atoms with E-state index in [1.165, 1.54) is 11.3 Å². The number of nitrogens with one attached hydrogen (secondary N) is 2. The zero-order chi connectivity index (χ0) is 22.0. The fraction of sp³-hybridized carbons (Fsp3) is 0.227. The quantitative estimate of drug-likeness (QED) is 0.386. The molecule has 0 spiro atoms. The summed E-state index contributed by atoms with van der Waals surface area (Å²) in [4.78, 5) is 21.1. The van der Waals surface area contributed by atoms with Crippen LogP contribution in [0.25, 0.3) is 27.2 Å². The molecule has 8 nitrogen and oxygen atoms in total. The number of aromatic nitrogens is 4. The Morgan fingerprint density at radius 2 is 2.19 bits per heavy atom. The minimum absolute atomic E-state index is 0.0193. The van der Waals surface area contributed by atoms with Crippen molar-refractivity contribution in [1.82, 2.24) is 25.1 Å². The number of fused-ring (bicyclic) bond motifs is 1. The van der Waals surface area contributed by atoms with Crippen molar-refractivity contribution < 1.29 is 9.90 Å². The smallest absolute Gasteiger partial charge is 0.265 e. The van der Waals surface area contributed by atoms with Crippen molar-refractivity contribution in [2.24, 2.45) is 0 Å². The van der Waals surface area contributed by atoms with Crippen LogP contribution in [-0.4, -0.2) is 43.0 Å². The third kappa shape index (κ3) is 4.37. The summed E-state index contributed by atoms with van der Waals surface area (Å²) in [6.07, 6.45) is 4.70. The molecule has 9 heteroatoms. The Morgan fingerprint density at radius 1 is 1.35 bits per heavy atom. The van der Waals surface area contributed by atoms with Crippen molar-refractivity contribution in [3.8, 4) is 16.9 Å². The highest BCUT2D eigenvalue weighted by molar-refractivity contribution is 7.19. The first-order valence-corrected chi connectivity index (χ1v) is 10.7. The normalized spacial score (nSPS) is 12.1. The average molecular weight is 435 g/mol. The Morgan fingerprint density at radius 3 is 2.87 bits per heavy atom. The van der Waals surface area contributed by atoms with E-state index < -0.39 is 6.10 Å². The van der Waals surface area contributed by atoms with Crippen LogP contribution in [0, 0.1) is 5.41 Å². The second-order valence-corrected chi connectivity index (χ2v) is 8.16. The van der Waals surface area contributed by atoms with Crippen molar-refractivity contribution in [3.63, 3.8) is 0 Å². The van der Waals surface area contributed by atoms with Gasteiger partial charge in [-0.2, -0.15) is 5.10 Å². The summed E-state index contributed by atoms with van der Waals surface area (Å²) in [5, 5.41) is 25.6. The van der Waals surface area contributed by atoms with Crippen LogP contribution in [-0.2, 0) is 11.2 Å². The topological polar surface area (TPSA) is 117 Å². The maximum absolute atomic E-state index is 11.9. The molecule has 3 heterocycles. The van der Waals surface area contributed by atoms with E-state index in [4.69, 9.17) is 5.41 Å². The van der Waals surface area contributed by atoms with Crippen molar-refractivity contribution in [2.75, 3.05) is 6.54 Å². The minimum Gasteiger partial charge on any atom is -0.389 e. The summed E-state index contributed by atoms with van der Waals surface area (Å²) < 4.78 is 2.63. The predicted octanol–water partition coefficient (Wildman–Crippen LogP) is 3.30. The maximum Gasteiger partial charge on any atom is 0.265 e. The first-order chi connectivity index (χ1) is 15.0. The number of aliphatic hydroxyl groups is 1. The van der Waals surface area contributed by atoms with Gasteiger partial charge in [-0.25, -0.2) is 9.67 Å². The number of thiazole rings is 1. The van der Waals surface area contributed by atoms with Gasteiger partial charge in [-0.15, -0.1) is 11.3 Å². The SMILES string of the molecule is CCNC(=O)C(=N)Cc1nc2cc(-n3cc(C(C)O)cn3)cc(-c3ccccn3)c2s1. The first-order valence-electron chi connectivity index (χ1n) is 9.89. The number of rotatable bonds is 7. The average Bonchev–Trinajstić information content (AvgIpc) is 3.41. The molecule has 3 aromatic heterocycles. The molecule has 0 saturated carbocycles. The van der Waals surface area contributed by atoms with Crippen LogP contribution >= 0.6 is 11.3 Å². The van der Waals surface area contributed by atoms with Crippen LogP contribution in [0.4, 0.5) is 0 Å². The Bertz CT molecular complexity index is 1250. The van der Waals surface area contributed by atoms with Gasteiger partial charge in [0, 0.05) is 36.5 Å². The summed E-state index contributed by atoms with van der Waals surface area (Å²) in [7, 11) is 0. The molecular weight excluding hydrogens is 412 g/mol. The van der Waals surface area contributed by atoms with Gasteiger partial charge in [0.1, 0.15) is 5.71 Å². The van der Waals surface area contributed by atoms with Crippen LogP contribution < -0.4 is 5.32 Å². The molecule has 1 aromatic carbocycles. The highest BCUT2D eigenvalue weighted by Gasteiger charge is 2.17. The third-order valence-corrected chi connectivity index (χ3v) is 5.85. The molecule has 0 aliphatic carbocycles. The van der Waals surface area contributed by atoms with Gasteiger partial charge < -0.3 is 10.4 Å². The number of hydrogen-bond acceptors (Lipinski definition) is 7. The molecule has 0 saturated heterocycles. The summed E-state index contributed by atoms with van der Waals surface area (Å²) in [6, 6.07) is 9.61. The zero-order valence-electron chi connectivity index (χ0n) is 17.2. The van der Waals surface area contributed by atoms with Crippen molar-refractivity contribution in [1.29, 1.82) is 5.41 Å². The molecule has 0 aliphatic rings. The monoisotopic (exact) mass is 434 g/mol. The molecule has 0 fully saturated rings. The molecule has 0 radical (unpaired) electrons. The van der Waals surface area contributed by atoms with Gasteiger partial charge in [0.15, 0.2) is 0 Å². The number of carbonyl (C=O) groups excluding carboxylic acids is 1. The standard InChI is InChI=1S/C22H22N6O2S/c1-3-24-22(30)17(23)10-20-27-19-9-15(28-12-14(11-26-28)13(2)29)8-16(21(19)31-20)18-6-4-5-7-25-18/h4-9,11-13,23,29H,3,10H2,1-2H3,(H,24,30). The van der Waals surface area contributed by atoms with Crippen LogP contribution in [0.2, 0.25) is 0 Å². The van der Waals surface area contributed by atoms with Gasteiger partial charge >= 0.3 is 0 Å². The van der Waals surface area contributed by atoms with Gasteiger partial charge in [0.25, 0.3) is 5.91 Å². The summed E-state index contributed by atoms with van der Waals surface area (Å²) >= 11 is 1.45. The summed E-state index contributed by atoms with van der Waals surface area (Å²) in [5.74, 6) is -0.380. The number of benzene rings is 1. The van der Waals surface area contributed by atoms with Crippen LogP contribution in [0.5, 0.6) is 0 Å². The van der Waals surface area contributed by atoms with E-state index in [9.17, 15) is 9.90 Å². The van der Waals surface area contributed by atoms with Crippen molar-refractivity contribution in [2.45, 2.75) is 26.4 Å². The second-order valence-electron chi connectivity index (χ2n) is 7.07. The lowest BCUT2D eigenvalue weighted by atomic mass is 10.1. The van der Waals surface area contributed by atoms with Crippen molar-refractivity contribution >= 4 is 33.2 Å². The highest BCUT2D eigenvalue weighted by Crippen LogP contribution is 2.35. The molecule has 1 atom stereocenters. The third-order valence-electron chi connectivity index (χ3n) is 4.75. The fourth-order valence-electron chi connectivity index (χ4n) is 3.18. The summed E-state index contributed by atoms with van der Waals surface area (Å²) in [5.41, 5.74) is 3.93. The predicted molar refractivity (Wildman–Crippen MR) is 121 cm³/mol. The van der Waals surface area contributed by atoms with E-state index in [0.717, 1.165) is 27.2 Å². The van der Waals surface area contributed by atoms with E-state index in [-0.39, 0.29) is 18.0 Å². The molecule has 4 rings (SSSR count). The van der Waals surface area contributed by atoms with Gasteiger partial charge in [-0.05, 0) is 38.1 Å². The van der Waals surface area contributed by atoms with Crippen molar-refractivity contribution in [3.05, 3.63) is 59.5 Å².